The highest BCUT2D eigenvalue weighted by Crippen LogP contribution is 2.31. The topological polar surface area (TPSA) is 77.5 Å². The molecular weight excluding hydrogens is 350 g/mol. The average Bonchev–Trinajstić information content (AvgIpc) is 2.72. The maximum atomic E-state index is 12.0. The lowest BCUT2D eigenvalue weighted by Gasteiger charge is -2.24. The lowest BCUT2D eigenvalue weighted by molar-refractivity contribution is -0.116. The van der Waals surface area contributed by atoms with Gasteiger partial charge in [-0.25, -0.2) is 0 Å². The second-order valence-corrected chi connectivity index (χ2v) is 6.83. The van der Waals surface area contributed by atoms with E-state index in [-0.39, 0.29) is 11.8 Å². The minimum absolute atomic E-state index is 0.0591. The molecule has 3 rings (SSSR count). The number of nitrogens with zero attached hydrogens (tertiary/aromatic N) is 1. The Balaban J connectivity index is 1.49. The Morgan fingerprint density at radius 1 is 1.07 bits per heavy atom. The molecule has 1 amide bonds. The molecule has 6 heteroatoms. The highest BCUT2D eigenvalue weighted by atomic mass is 16.1. The molecule has 148 valence electrons. The van der Waals surface area contributed by atoms with Gasteiger partial charge in [0.1, 0.15) is 0 Å². The summed E-state index contributed by atoms with van der Waals surface area (Å²) in [7, 11) is 0. The van der Waals surface area contributed by atoms with Crippen LogP contribution in [0.3, 0.4) is 0 Å². The Labute approximate surface area is 166 Å². The summed E-state index contributed by atoms with van der Waals surface area (Å²) in [5.41, 5.74) is 3.20. The number of para-hydroxylation sites is 2. The number of amides is 1. The minimum atomic E-state index is 0.0591. The Bertz CT molecular complexity index is 791. The van der Waals surface area contributed by atoms with Crippen molar-refractivity contribution in [3.63, 3.8) is 0 Å². The van der Waals surface area contributed by atoms with Crippen LogP contribution in [-0.2, 0) is 4.79 Å². The molecule has 0 fully saturated rings. The first-order chi connectivity index (χ1) is 13.8. The third kappa shape index (κ3) is 5.74. The fourth-order valence-electron chi connectivity index (χ4n) is 3.29. The van der Waals surface area contributed by atoms with E-state index in [2.05, 4.69) is 46.4 Å². The number of hydrogen-bond acceptors (Lipinski definition) is 3. The quantitative estimate of drug-likeness (QED) is 0.323. The van der Waals surface area contributed by atoms with E-state index in [1.165, 1.54) is 0 Å². The lowest BCUT2D eigenvalue weighted by atomic mass is 9.91. The van der Waals surface area contributed by atoms with E-state index in [1.54, 1.807) is 0 Å². The van der Waals surface area contributed by atoms with Crippen LogP contribution in [0.25, 0.3) is 0 Å². The number of aliphatic imine (C=N–C) groups is 1. The summed E-state index contributed by atoms with van der Waals surface area (Å²) in [4.78, 5) is 16.7. The molecule has 2 aromatic carbocycles. The predicted molar refractivity (Wildman–Crippen MR) is 116 cm³/mol. The van der Waals surface area contributed by atoms with Crippen LogP contribution in [0.1, 0.15) is 31.2 Å². The maximum Gasteiger partial charge on any atom is 0.225 e. The number of rotatable bonds is 8. The van der Waals surface area contributed by atoms with Crippen molar-refractivity contribution in [2.45, 2.75) is 25.7 Å². The summed E-state index contributed by atoms with van der Waals surface area (Å²) in [6.45, 7) is 5.16. The molecular formula is C22H29N5O. The number of guanidine groups is 1. The second-order valence-electron chi connectivity index (χ2n) is 6.83. The smallest absolute Gasteiger partial charge is 0.225 e. The molecule has 1 aliphatic rings. The van der Waals surface area contributed by atoms with Crippen molar-refractivity contribution in [1.82, 2.24) is 10.6 Å². The first kappa shape index (κ1) is 19.7. The average molecular weight is 380 g/mol. The Morgan fingerprint density at radius 3 is 2.68 bits per heavy atom. The van der Waals surface area contributed by atoms with Crippen LogP contribution >= 0.6 is 0 Å². The summed E-state index contributed by atoms with van der Waals surface area (Å²) < 4.78 is 0. The van der Waals surface area contributed by atoms with Crippen molar-refractivity contribution in [3.8, 4) is 0 Å². The largest absolute Gasteiger partial charge is 0.385 e. The molecule has 28 heavy (non-hydrogen) atoms. The Kier molecular flexibility index (Phi) is 7.29. The van der Waals surface area contributed by atoms with E-state index in [0.717, 1.165) is 49.0 Å². The van der Waals surface area contributed by atoms with Crippen molar-refractivity contribution in [1.29, 1.82) is 0 Å². The van der Waals surface area contributed by atoms with Gasteiger partial charge in [0.15, 0.2) is 5.96 Å². The van der Waals surface area contributed by atoms with Crippen molar-refractivity contribution in [3.05, 3.63) is 60.2 Å². The molecule has 0 radical (unpaired) electrons. The van der Waals surface area contributed by atoms with E-state index >= 15 is 0 Å². The number of anilines is 2. The number of carbonyl (C=O) groups excluding carboxylic acids is 1. The molecule has 0 saturated carbocycles. The minimum Gasteiger partial charge on any atom is -0.385 e. The van der Waals surface area contributed by atoms with Crippen molar-refractivity contribution in [2.75, 3.05) is 36.8 Å². The van der Waals surface area contributed by atoms with Gasteiger partial charge in [-0.2, -0.15) is 0 Å². The number of carbonyl (C=O) groups is 1. The van der Waals surface area contributed by atoms with E-state index in [4.69, 9.17) is 4.99 Å². The Morgan fingerprint density at radius 2 is 1.86 bits per heavy atom. The number of benzene rings is 2. The van der Waals surface area contributed by atoms with E-state index in [0.29, 0.717) is 13.0 Å². The van der Waals surface area contributed by atoms with E-state index in [9.17, 15) is 4.79 Å². The highest BCUT2D eigenvalue weighted by Gasteiger charge is 2.24. The lowest BCUT2D eigenvalue weighted by Crippen LogP contribution is -2.38. The first-order valence-corrected chi connectivity index (χ1v) is 9.96. The number of fused-ring (bicyclic) bond motifs is 1. The van der Waals surface area contributed by atoms with Crippen LogP contribution in [0.15, 0.2) is 59.6 Å². The standard InChI is InChI=1S/C22H29N5O/c1-2-23-22(25-14-8-13-24-18-9-4-3-5-10-18)26-16-17-15-21(28)27-20-12-7-6-11-19(17)20/h3-7,9-12,17,24H,2,8,13-16H2,1H3,(H,27,28)(H2,23,25,26). The third-order valence-corrected chi connectivity index (χ3v) is 4.67. The van der Waals surface area contributed by atoms with Crippen LogP contribution in [0.2, 0.25) is 0 Å². The molecule has 2 aromatic rings. The summed E-state index contributed by atoms with van der Waals surface area (Å²) in [5.74, 6) is 0.967. The summed E-state index contributed by atoms with van der Waals surface area (Å²) >= 11 is 0. The maximum absolute atomic E-state index is 12.0. The molecule has 4 N–H and O–H groups in total. The number of hydrogen-bond donors (Lipinski definition) is 4. The molecule has 1 atom stereocenters. The summed E-state index contributed by atoms with van der Waals surface area (Å²) in [6.07, 6.45) is 1.45. The van der Waals surface area contributed by atoms with Gasteiger partial charge in [0.25, 0.3) is 0 Å². The van der Waals surface area contributed by atoms with Crippen LogP contribution in [0.5, 0.6) is 0 Å². The summed E-state index contributed by atoms with van der Waals surface area (Å²) in [5, 5.41) is 13.0. The molecule has 1 heterocycles. The molecule has 0 spiro atoms. The molecule has 0 saturated heterocycles. The van der Waals surface area contributed by atoms with Gasteiger partial charge in [-0.15, -0.1) is 0 Å². The number of nitrogens with one attached hydrogen (secondary N) is 4. The van der Waals surface area contributed by atoms with Gasteiger partial charge < -0.3 is 21.3 Å². The molecule has 1 unspecified atom stereocenters. The third-order valence-electron chi connectivity index (χ3n) is 4.67. The van der Waals surface area contributed by atoms with Gasteiger partial charge in [-0.05, 0) is 37.1 Å². The molecule has 0 aliphatic carbocycles. The van der Waals surface area contributed by atoms with Crippen molar-refractivity contribution in [2.24, 2.45) is 4.99 Å². The van der Waals surface area contributed by atoms with Gasteiger partial charge in [-0.1, -0.05) is 36.4 Å². The van der Waals surface area contributed by atoms with E-state index < -0.39 is 0 Å². The molecule has 6 nitrogen and oxygen atoms in total. The fraction of sp³-hybridized carbons (Fsp3) is 0.364. The normalized spacial score (nSPS) is 16.1. The fourth-order valence-corrected chi connectivity index (χ4v) is 3.29. The zero-order valence-corrected chi connectivity index (χ0v) is 16.4. The Hall–Kier alpha value is -3.02. The zero-order valence-electron chi connectivity index (χ0n) is 16.4. The molecule has 0 aromatic heterocycles. The van der Waals surface area contributed by atoms with Crippen molar-refractivity contribution < 1.29 is 4.79 Å². The van der Waals surface area contributed by atoms with Gasteiger partial charge >= 0.3 is 0 Å². The van der Waals surface area contributed by atoms with Crippen LogP contribution in [0, 0.1) is 0 Å². The van der Waals surface area contributed by atoms with Crippen molar-refractivity contribution >= 4 is 23.2 Å². The van der Waals surface area contributed by atoms with Crippen LogP contribution in [0.4, 0.5) is 11.4 Å². The van der Waals surface area contributed by atoms with Gasteiger partial charge in [0, 0.05) is 43.3 Å². The van der Waals surface area contributed by atoms with Gasteiger partial charge in [0.2, 0.25) is 5.91 Å². The van der Waals surface area contributed by atoms with Gasteiger partial charge in [0.05, 0.1) is 6.54 Å². The summed E-state index contributed by atoms with van der Waals surface area (Å²) in [6, 6.07) is 18.2. The first-order valence-electron chi connectivity index (χ1n) is 9.96. The monoisotopic (exact) mass is 379 g/mol. The highest BCUT2D eigenvalue weighted by molar-refractivity contribution is 5.94. The van der Waals surface area contributed by atoms with Gasteiger partial charge in [-0.3, -0.25) is 9.79 Å². The SMILES string of the molecule is CCNC(=NCC1CC(=O)Nc2ccccc21)NCCCNc1ccccc1. The molecule has 0 bridgehead atoms. The second kappa shape index (κ2) is 10.3. The predicted octanol–water partition coefficient (Wildman–Crippen LogP) is 3.17. The zero-order chi connectivity index (χ0) is 19.6. The van der Waals surface area contributed by atoms with Crippen LogP contribution < -0.4 is 21.3 Å². The van der Waals surface area contributed by atoms with E-state index in [1.807, 2.05) is 36.4 Å². The van der Waals surface area contributed by atoms with Crippen LogP contribution in [-0.4, -0.2) is 38.0 Å². The molecule has 1 aliphatic heterocycles.